The first-order valence-electron chi connectivity index (χ1n) is 7.45. The van der Waals surface area contributed by atoms with Crippen molar-refractivity contribution < 1.29 is 12.4 Å². The molecule has 0 aliphatic heterocycles. The maximum Gasteiger partial charge on any atom is 2.00 e. The molecule has 0 aliphatic carbocycles. The molecule has 6 heteroatoms. The summed E-state index contributed by atoms with van der Waals surface area (Å²) in [4.78, 5) is 3.19. The summed E-state index contributed by atoms with van der Waals surface area (Å²) in [6, 6.07) is 9.02. The largest absolute Gasteiger partial charge is 2.00 e. The minimum absolute atomic E-state index is 0. The molecule has 0 fully saturated rings. The Kier molecular flexibility index (Phi) is 11.8. The molecule has 2 radical (unpaired) electrons. The Morgan fingerprint density at radius 3 is 1.82 bits per heavy atom. The van der Waals surface area contributed by atoms with Crippen LogP contribution in [0.4, 0.5) is 0 Å². The summed E-state index contributed by atoms with van der Waals surface area (Å²) in [6.45, 7) is 16.3. The van der Waals surface area contributed by atoms with E-state index >= 15 is 0 Å². The van der Waals surface area contributed by atoms with E-state index in [1.807, 2.05) is 0 Å². The molecule has 124 valence electrons. The van der Waals surface area contributed by atoms with Gasteiger partial charge in [-0.3, -0.25) is 0 Å². The summed E-state index contributed by atoms with van der Waals surface area (Å²) in [6.07, 6.45) is 0. The minimum atomic E-state index is -1.13. The molecule has 0 spiro atoms. The van der Waals surface area contributed by atoms with Crippen molar-refractivity contribution in [3.05, 3.63) is 29.8 Å². The molecule has 1 rings (SSSR count). The van der Waals surface area contributed by atoms with Crippen molar-refractivity contribution in [3.63, 3.8) is 0 Å². The van der Waals surface area contributed by atoms with Crippen LogP contribution in [0.5, 0.6) is 0 Å². The second kappa shape index (κ2) is 10.2. The van der Waals surface area contributed by atoms with Crippen molar-refractivity contribution in [2.45, 2.75) is 50.7 Å². The summed E-state index contributed by atoms with van der Waals surface area (Å²) >= 11 is 0. The number of rotatable bonds is 6. The molecule has 0 aromatic heterocycles. The Morgan fingerprint density at radius 1 is 0.955 bits per heavy atom. The van der Waals surface area contributed by atoms with Crippen molar-refractivity contribution in [1.82, 2.24) is 4.90 Å². The molecule has 0 N–H and O–H groups in total. The summed E-state index contributed by atoms with van der Waals surface area (Å²) in [5, 5.41) is 1.55. The predicted molar refractivity (Wildman–Crippen MR) is 107 cm³/mol. The fourth-order valence-corrected chi connectivity index (χ4v) is 18.0. The second-order valence-corrected chi connectivity index (χ2v) is 21.6. The van der Waals surface area contributed by atoms with Gasteiger partial charge >= 0.3 is 23.9 Å². The molecule has 0 heterocycles. The van der Waals surface area contributed by atoms with Crippen molar-refractivity contribution in [3.8, 4) is 0 Å². The molecular formula is C16H31ClNPSi2Sn. The summed E-state index contributed by atoms with van der Waals surface area (Å²) in [7, 11) is 3.63. The van der Waals surface area contributed by atoms with Crippen LogP contribution in [0.2, 0.25) is 39.3 Å². The Bertz CT molecular complexity index is 431. The van der Waals surface area contributed by atoms with E-state index in [4.69, 9.17) is 0 Å². The molecule has 0 atom stereocenters. The minimum Gasteiger partial charge on any atom is -1.00 e. The van der Waals surface area contributed by atoms with Gasteiger partial charge in [0.2, 0.25) is 0 Å². The van der Waals surface area contributed by atoms with Gasteiger partial charge in [0.25, 0.3) is 0 Å². The van der Waals surface area contributed by atoms with E-state index in [2.05, 4.69) is 82.5 Å². The van der Waals surface area contributed by atoms with Crippen LogP contribution >= 0.6 is 8.58 Å². The summed E-state index contributed by atoms with van der Waals surface area (Å²) in [5.74, 6) is 0. The van der Waals surface area contributed by atoms with Gasteiger partial charge in [0.1, 0.15) is 0 Å². The predicted octanol–water partition coefficient (Wildman–Crippen LogP) is 1.07. The Balaban J connectivity index is 0. The molecule has 1 nitrogen and oxygen atoms in total. The van der Waals surface area contributed by atoms with Crippen LogP contribution in [0.1, 0.15) is 5.56 Å². The van der Waals surface area contributed by atoms with Crippen LogP contribution in [0.3, 0.4) is 0 Å². The fourth-order valence-electron chi connectivity index (χ4n) is 2.94. The molecule has 0 saturated carbocycles. The first-order valence-corrected chi connectivity index (χ1v) is 15.6. The van der Waals surface area contributed by atoms with Gasteiger partial charge in [-0.05, 0) is 14.1 Å². The van der Waals surface area contributed by atoms with Gasteiger partial charge in [0.05, 0.1) is 0 Å². The second-order valence-electron chi connectivity index (χ2n) is 8.13. The van der Waals surface area contributed by atoms with Crippen molar-refractivity contribution in [2.24, 2.45) is 0 Å². The number of hydrogen-bond acceptors (Lipinski definition) is 1. The first-order chi connectivity index (χ1) is 9.01. The van der Waals surface area contributed by atoms with Gasteiger partial charge in [-0.25, -0.2) is 5.30 Å². The first kappa shape index (κ1) is 25.4. The van der Waals surface area contributed by atoms with Crippen LogP contribution in [0.15, 0.2) is 24.3 Å². The van der Waals surface area contributed by atoms with Gasteiger partial charge in [-0.15, -0.1) is 0 Å². The third-order valence-electron chi connectivity index (χ3n) is 3.39. The van der Waals surface area contributed by atoms with Gasteiger partial charge < -0.3 is 25.9 Å². The molecule has 0 saturated heterocycles. The molecule has 0 aliphatic rings. The Labute approximate surface area is 165 Å². The molecule has 22 heavy (non-hydrogen) atoms. The van der Waals surface area contributed by atoms with Crippen molar-refractivity contribution in [2.75, 3.05) is 14.1 Å². The molecule has 1 aromatic rings. The Hall–Kier alpha value is 1.13. The molecule has 0 unspecified atom stereocenters. The molecule has 0 bridgehead atoms. The van der Waals surface area contributed by atoms with Crippen LogP contribution < -0.4 is 17.7 Å². The fraction of sp³-hybridized carbons (Fsp3) is 0.625. The van der Waals surface area contributed by atoms with E-state index < -0.39 is 16.1 Å². The van der Waals surface area contributed by atoms with Crippen LogP contribution in [0.25, 0.3) is 0 Å². The molecule has 1 aromatic carbocycles. The normalized spacial score (nSPS) is 12.6. The average molecular weight is 479 g/mol. The van der Waals surface area contributed by atoms with E-state index in [-0.39, 0.29) is 36.3 Å². The van der Waals surface area contributed by atoms with E-state index in [1.165, 1.54) is 5.56 Å². The van der Waals surface area contributed by atoms with E-state index in [1.54, 1.807) is 13.9 Å². The third kappa shape index (κ3) is 8.30. The third-order valence-corrected chi connectivity index (χ3v) is 18.3. The molecule has 0 amide bonds. The zero-order valence-corrected chi connectivity index (χ0v) is 21.9. The maximum atomic E-state index is 2.54. The zero-order valence-electron chi connectivity index (χ0n) is 15.4. The van der Waals surface area contributed by atoms with Gasteiger partial charge in [-0.1, -0.05) is 69.1 Å². The standard InChI is InChI=1S/C16H31NPSi2.ClH.Sn/c1-17(2)13-14-11-9-10-12-15(14)18-16(19(3,4)5)20(6,7)8;;/h9-12,16H,13H2,1-8H3;1H;/q-1;;+2/p-1. The topological polar surface area (TPSA) is 3.24 Å². The maximum absolute atomic E-state index is 2.54. The van der Waals surface area contributed by atoms with Gasteiger partial charge in [-0.2, -0.15) is 4.91 Å². The zero-order chi connectivity index (χ0) is 15.6. The van der Waals surface area contributed by atoms with Crippen LogP contribution in [0, 0.1) is 0 Å². The summed E-state index contributed by atoms with van der Waals surface area (Å²) in [5.41, 5.74) is 1.50. The monoisotopic (exact) mass is 479 g/mol. The van der Waals surface area contributed by atoms with Crippen molar-refractivity contribution >= 4 is 53.9 Å². The number of hydrogen-bond donors (Lipinski definition) is 0. The average Bonchev–Trinajstić information content (AvgIpc) is 2.23. The smallest absolute Gasteiger partial charge is 1.00 e. The van der Waals surface area contributed by atoms with Gasteiger partial charge in [0.15, 0.2) is 0 Å². The number of halogens is 1. The van der Waals surface area contributed by atoms with Crippen molar-refractivity contribution in [1.29, 1.82) is 0 Å². The van der Waals surface area contributed by atoms with E-state index in [0.29, 0.717) is 0 Å². The number of nitrogens with zero attached hydrogens (tertiary/aromatic N) is 1. The number of benzene rings is 1. The summed E-state index contributed by atoms with van der Waals surface area (Å²) < 4.78 is 0. The van der Waals surface area contributed by atoms with E-state index in [0.717, 1.165) is 11.5 Å². The van der Waals surface area contributed by atoms with E-state index in [9.17, 15) is 0 Å². The van der Waals surface area contributed by atoms with Crippen LogP contribution in [-0.4, -0.2) is 64.0 Å². The van der Waals surface area contributed by atoms with Gasteiger partial charge in [0, 0.05) is 22.7 Å². The van der Waals surface area contributed by atoms with Crippen LogP contribution in [-0.2, 0) is 6.54 Å². The SMILES string of the molecule is CN(C)Cc1ccccc1[P-]C([Si](C)(C)C)[Si](C)(C)C.[Cl-].[Sn+2]. The quantitative estimate of drug-likeness (QED) is 0.437. The Morgan fingerprint density at radius 2 is 1.41 bits per heavy atom. The molecular weight excluding hydrogens is 447 g/mol.